The van der Waals surface area contributed by atoms with Gasteiger partial charge in [0.15, 0.2) is 11.6 Å². The van der Waals surface area contributed by atoms with Crippen LogP contribution in [0.2, 0.25) is 0 Å². The molecule has 4 rings (SSSR count). The number of nitrogens with zero attached hydrogens (tertiary/aromatic N) is 7. The molecule has 9 heteroatoms. The average molecular weight is 395 g/mol. The van der Waals surface area contributed by atoms with Crippen LogP contribution < -0.4 is 4.90 Å². The Morgan fingerprint density at radius 2 is 1.79 bits per heavy atom. The summed E-state index contributed by atoms with van der Waals surface area (Å²) in [4.78, 5) is 20.9. The van der Waals surface area contributed by atoms with Gasteiger partial charge in [-0.15, -0.1) is 10.2 Å². The van der Waals surface area contributed by atoms with Crippen LogP contribution in [0, 0.1) is 20.8 Å². The summed E-state index contributed by atoms with van der Waals surface area (Å²) in [5, 5.41) is 12.6. The van der Waals surface area contributed by atoms with Crippen molar-refractivity contribution < 1.29 is 9.32 Å². The second kappa shape index (κ2) is 8.02. The van der Waals surface area contributed by atoms with Gasteiger partial charge in [0.2, 0.25) is 5.91 Å². The monoisotopic (exact) mass is 395 g/mol. The van der Waals surface area contributed by atoms with Gasteiger partial charge in [-0.2, -0.15) is 0 Å². The molecule has 152 valence electrons. The van der Waals surface area contributed by atoms with Crippen molar-refractivity contribution >= 4 is 11.7 Å². The van der Waals surface area contributed by atoms with Crippen LogP contribution in [0.25, 0.3) is 5.82 Å². The summed E-state index contributed by atoms with van der Waals surface area (Å²) >= 11 is 0. The van der Waals surface area contributed by atoms with E-state index in [1.165, 1.54) is 0 Å². The van der Waals surface area contributed by atoms with Gasteiger partial charge in [-0.3, -0.25) is 9.36 Å². The minimum absolute atomic E-state index is 0.168. The summed E-state index contributed by atoms with van der Waals surface area (Å²) in [6.07, 6.45) is 4.75. The Bertz CT molecular complexity index is 965. The quantitative estimate of drug-likeness (QED) is 0.651. The maximum absolute atomic E-state index is 12.6. The largest absolute Gasteiger partial charge is 0.361 e. The SMILES string of the molecule is Cc1noc(C)c1CCC(=O)N1CCN(c2ccc(-n3ccnc3C)nn2)CC1. The van der Waals surface area contributed by atoms with E-state index >= 15 is 0 Å². The molecule has 0 spiro atoms. The standard InChI is InChI=1S/C20H25N7O2/c1-14-17(15(2)29-24-14)4-7-20(28)26-12-10-25(11-13-26)18-5-6-19(23-22-18)27-9-8-21-16(27)3/h5-6,8-9H,4,7,10-13H2,1-3H3. The highest BCUT2D eigenvalue weighted by atomic mass is 16.5. The molecule has 29 heavy (non-hydrogen) atoms. The first-order valence-corrected chi connectivity index (χ1v) is 9.81. The van der Waals surface area contributed by atoms with E-state index in [1.54, 1.807) is 6.20 Å². The molecule has 4 heterocycles. The van der Waals surface area contributed by atoms with Crippen molar-refractivity contribution in [2.45, 2.75) is 33.6 Å². The molecule has 0 unspecified atom stereocenters. The number of aromatic nitrogens is 5. The highest BCUT2D eigenvalue weighted by molar-refractivity contribution is 5.76. The number of hydrogen-bond acceptors (Lipinski definition) is 7. The minimum Gasteiger partial charge on any atom is -0.361 e. The van der Waals surface area contributed by atoms with E-state index < -0.39 is 0 Å². The van der Waals surface area contributed by atoms with Crippen LogP contribution in [-0.4, -0.2) is 61.9 Å². The van der Waals surface area contributed by atoms with E-state index in [1.807, 2.05) is 48.6 Å². The first-order valence-electron chi connectivity index (χ1n) is 9.81. The number of piperazine rings is 1. The summed E-state index contributed by atoms with van der Waals surface area (Å²) in [6.45, 7) is 8.59. The summed E-state index contributed by atoms with van der Waals surface area (Å²) in [5.74, 6) is 3.41. The van der Waals surface area contributed by atoms with Gasteiger partial charge >= 0.3 is 0 Å². The Hall–Kier alpha value is -3.23. The number of rotatable bonds is 5. The van der Waals surface area contributed by atoms with Crippen molar-refractivity contribution in [2.75, 3.05) is 31.1 Å². The van der Waals surface area contributed by atoms with Crippen LogP contribution >= 0.6 is 0 Å². The number of amides is 1. The van der Waals surface area contributed by atoms with Crippen molar-refractivity contribution in [1.82, 2.24) is 29.8 Å². The Kier molecular flexibility index (Phi) is 5.28. The van der Waals surface area contributed by atoms with Gasteiger partial charge < -0.3 is 14.3 Å². The molecule has 1 amide bonds. The zero-order valence-corrected chi connectivity index (χ0v) is 17.0. The van der Waals surface area contributed by atoms with E-state index in [4.69, 9.17) is 4.52 Å². The number of imidazole rings is 1. The van der Waals surface area contributed by atoms with E-state index in [-0.39, 0.29) is 5.91 Å². The fourth-order valence-corrected chi connectivity index (χ4v) is 3.67. The molecular formula is C20H25N7O2. The highest BCUT2D eigenvalue weighted by Crippen LogP contribution is 2.17. The Morgan fingerprint density at radius 1 is 1.07 bits per heavy atom. The van der Waals surface area contributed by atoms with E-state index in [0.717, 1.165) is 47.6 Å². The molecule has 1 aliphatic heterocycles. The fourth-order valence-electron chi connectivity index (χ4n) is 3.67. The van der Waals surface area contributed by atoms with Crippen molar-refractivity contribution in [3.05, 3.63) is 47.4 Å². The molecule has 0 aromatic carbocycles. The minimum atomic E-state index is 0.168. The second-order valence-electron chi connectivity index (χ2n) is 7.26. The van der Waals surface area contributed by atoms with Gasteiger partial charge in [0, 0.05) is 50.6 Å². The van der Waals surface area contributed by atoms with Crippen molar-refractivity contribution in [3.8, 4) is 5.82 Å². The molecule has 0 N–H and O–H groups in total. The summed E-state index contributed by atoms with van der Waals surface area (Å²) < 4.78 is 7.07. The highest BCUT2D eigenvalue weighted by Gasteiger charge is 2.23. The smallest absolute Gasteiger partial charge is 0.223 e. The van der Waals surface area contributed by atoms with Crippen molar-refractivity contribution in [1.29, 1.82) is 0 Å². The molecule has 1 aliphatic rings. The number of hydrogen-bond donors (Lipinski definition) is 0. The molecule has 9 nitrogen and oxygen atoms in total. The van der Waals surface area contributed by atoms with Gasteiger partial charge in [0.25, 0.3) is 0 Å². The zero-order chi connectivity index (χ0) is 20.4. The molecule has 1 fully saturated rings. The third-order valence-electron chi connectivity index (χ3n) is 5.44. The van der Waals surface area contributed by atoms with E-state index in [0.29, 0.717) is 25.9 Å². The Morgan fingerprint density at radius 3 is 2.38 bits per heavy atom. The molecule has 0 radical (unpaired) electrons. The summed E-state index contributed by atoms with van der Waals surface area (Å²) in [6, 6.07) is 3.91. The average Bonchev–Trinajstić information content (AvgIpc) is 3.31. The number of carbonyl (C=O) groups is 1. The molecule has 0 atom stereocenters. The fraction of sp³-hybridized carbons (Fsp3) is 0.450. The second-order valence-corrected chi connectivity index (χ2v) is 7.26. The lowest BCUT2D eigenvalue weighted by Crippen LogP contribution is -2.49. The molecule has 1 saturated heterocycles. The summed E-state index contributed by atoms with van der Waals surface area (Å²) in [7, 11) is 0. The molecule has 3 aromatic heterocycles. The number of aryl methyl sites for hydroxylation is 3. The van der Waals surface area contributed by atoms with Crippen molar-refractivity contribution in [3.63, 3.8) is 0 Å². The third kappa shape index (κ3) is 3.98. The van der Waals surface area contributed by atoms with Gasteiger partial charge in [-0.05, 0) is 39.3 Å². The maximum Gasteiger partial charge on any atom is 0.223 e. The number of carbonyl (C=O) groups excluding carboxylic acids is 1. The zero-order valence-electron chi connectivity index (χ0n) is 17.0. The first-order chi connectivity index (χ1) is 14.0. The van der Waals surface area contributed by atoms with Crippen LogP contribution in [0.3, 0.4) is 0 Å². The van der Waals surface area contributed by atoms with Crippen molar-refractivity contribution in [2.24, 2.45) is 0 Å². The lowest BCUT2D eigenvalue weighted by Gasteiger charge is -2.35. The number of anilines is 1. The predicted molar refractivity (Wildman–Crippen MR) is 107 cm³/mol. The normalized spacial score (nSPS) is 14.4. The van der Waals surface area contributed by atoms with Crippen LogP contribution in [-0.2, 0) is 11.2 Å². The van der Waals surface area contributed by atoms with Crippen LogP contribution in [0.4, 0.5) is 5.82 Å². The molecule has 0 saturated carbocycles. The van der Waals surface area contributed by atoms with Crippen LogP contribution in [0.5, 0.6) is 0 Å². The van der Waals surface area contributed by atoms with Crippen LogP contribution in [0.1, 0.15) is 29.3 Å². The predicted octanol–water partition coefficient (Wildman–Crippen LogP) is 1.86. The molecule has 0 bridgehead atoms. The van der Waals surface area contributed by atoms with E-state index in [2.05, 4.69) is 25.2 Å². The van der Waals surface area contributed by atoms with Gasteiger partial charge in [-0.1, -0.05) is 5.16 Å². The van der Waals surface area contributed by atoms with Gasteiger partial charge in [-0.25, -0.2) is 4.98 Å². The maximum atomic E-state index is 12.6. The summed E-state index contributed by atoms with van der Waals surface area (Å²) in [5.41, 5.74) is 1.91. The first kappa shape index (κ1) is 19.1. The molecule has 0 aliphatic carbocycles. The third-order valence-corrected chi connectivity index (χ3v) is 5.44. The topological polar surface area (TPSA) is 93.2 Å². The Labute approximate surface area is 169 Å². The van der Waals surface area contributed by atoms with Crippen LogP contribution in [0.15, 0.2) is 29.0 Å². The van der Waals surface area contributed by atoms with E-state index in [9.17, 15) is 4.79 Å². The molecule has 3 aromatic rings. The lowest BCUT2D eigenvalue weighted by atomic mass is 10.1. The van der Waals surface area contributed by atoms with Gasteiger partial charge in [0.05, 0.1) is 5.69 Å². The van der Waals surface area contributed by atoms with Gasteiger partial charge in [0.1, 0.15) is 11.6 Å². The lowest BCUT2D eigenvalue weighted by molar-refractivity contribution is -0.131. The Balaban J connectivity index is 1.31. The molecular weight excluding hydrogens is 370 g/mol.